The zero-order chi connectivity index (χ0) is 23.4. The zero-order valence-electron chi connectivity index (χ0n) is 19.1. The van der Waals surface area contributed by atoms with Crippen LogP contribution in [0.15, 0.2) is 66.7 Å². The van der Waals surface area contributed by atoms with Gasteiger partial charge in [-0.1, -0.05) is 60.7 Å². The number of hydrogen-bond acceptors (Lipinski definition) is 1. The van der Waals surface area contributed by atoms with Crippen LogP contribution in [0.2, 0.25) is 0 Å². The summed E-state index contributed by atoms with van der Waals surface area (Å²) in [5.74, 6) is -1.79. The first-order chi connectivity index (χ1) is 16.0. The minimum Gasteiger partial charge on any atom is -0.378 e. The summed E-state index contributed by atoms with van der Waals surface area (Å²) in [7, 11) is 0. The van der Waals surface area contributed by atoms with Gasteiger partial charge in [-0.2, -0.15) is 0 Å². The largest absolute Gasteiger partial charge is 0.378 e. The van der Waals surface area contributed by atoms with Gasteiger partial charge in [0.15, 0.2) is 11.6 Å². The highest BCUT2D eigenvalue weighted by molar-refractivity contribution is 5.71. The molecule has 1 nitrogen and oxygen atoms in total. The van der Waals surface area contributed by atoms with E-state index in [2.05, 4.69) is 12.2 Å². The Labute approximate surface area is 193 Å². The Morgan fingerprint density at radius 1 is 0.879 bits per heavy atom. The molecule has 3 aromatic carbocycles. The van der Waals surface area contributed by atoms with Crippen molar-refractivity contribution in [2.75, 3.05) is 6.61 Å². The van der Waals surface area contributed by atoms with Gasteiger partial charge >= 0.3 is 0 Å². The second kappa shape index (κ2) is 10.4. The molecule has 33 heavy (non-hydrogen) atoms. The lowest BCUT2D eigenvalue weighted by atomic mass is 9.89. The quantitative estimate of drug-likeness (QED) is 0.343. The zero-order valence-corrected chi connectivity index (χ0v) is 19.1. The third-order valence-corrected chi connectivity index (χ3v) is 6.51. The van der Waals surface area contributed by atoms with E-state index < -0.39 is 11.6 Å². The maximum absolute atomic E-state index is 15.0. The van der Waals surface area contributed by atoms with Gasteiger partial charge in [-0.25, -0.2) is 13.2 Å². The van der Waals surface area contributed by atoms with E-state index in [1.807, 2.05) is 13.0 Å². The summed E-state index contributed by atoms with van der Waals surface area (Å²) in [6.07, 6.45) is 8.54. The summed E-state index contributed by atoms with van der Waals surface area (Å²) in [5.41, 5.74) is 3.15. The van der Waals surface area contributed by atoms with Crippen molar-refractivity contribution in [3.63, 3.8) is 0 Å². The van der Waals surface area contributed by atoms with Crippen LogP contribution in [0.3, 0.4) is 0 Å². The van der Waals surface area contributed by atoms with Crippen LogP contribution in [0.1, 0.15) is 49.7 Å². The van der Waals surface area contributed by atoms with Gasteiger partial charge in [0.2, 0.25) is 0 Å². The topological polar surface area (TPSA) is 9.23 Å². The van der Waals surface area contributed by atoms with E-state index in [0.717, 1.165) is 31.2 Å². The van der Waals surface area contributed by atoms with E-state index >= 15 is 0 Å². The van der Waals surface area contributed by atoms with Crippen LogP contribution in [0, 0.1) is 24.4 Å². The van der Waals surface area contributed by atoms with Crippen molar-refractivity contribution in [1.29, 1.82) is 0 Å². The molecule has 1 heterocycles. The van der Waals surface area contributed by atoms with Crippen molar-refractivity contribution in [2.45, 2.75) is 51.6 Å². The fourth-order valence-electron chi connectivity index (χ4n) is 4.46. The fourth-order valence-corrected chi connectivity index (χ4v) is 4.46. The molecule has 4 rings (SSSR count). The minimum atomic E-state index is -0.864. The molecular weight excluding hydrogens is 421 g/mol. The predicted octanol–water partition coefficient (Wildman–Crippen LogP) is 8.37. The number of aryl methyl sites for hydroxylation is 1. The highest BCUT2D eigenvalue weighted by atomic mass is 19.2. The number of halogens is 3. The first-order valence-electron chi connectivity index (χ1n) is 11.6. The summed E-state index contributed by atoms with van der Waals surface area (Å²) >= 11 is 0. The lowest BCUT2D eigenvalue weighted by Crippen LogP contribution is -2.24. The molecule has 4 heteroatoms. The van der Waals surface area contributed by atoms with Crippen molar-refractivity contribution in [3.8, 4) is 22.3 Å². The molecule has 2 atom stereocenters. The molecule has 3 aromatic rings. The average Bonchev–Trinajstić information content (AvgIpc) is 2.83. The van der Waals surface area contributed by atoms with Crippen LogP contribution in [-0.4, -0.2) is 12.7 Å². The SMILES string of the molecule is CC=CCCC1CCC(c2ccc(-c3ccc(-c4ccc(C)c(F)c4F)cc3)c(F)c2)CO1. The van der Waals surface area contributed by atoms with Crippen LogP contribution in [0.4, 0.5) is 13.2 Å². The van der Waals surface area contributed by atoms with Gasteiger partial charge in [0.05, 0.1) is 12.7 Å². The molecule has 0 aliphatic carbocycles. The monoisotopic (exact) mass is 450 g/mol. The number of ether oxygens (including phenoxy) is 1. The highest BCUT2D eigenvalue weighted by Gasteiger charge is 2.23. The Bertz CT molecular complexity index is 1130. The maximum atomic E-state index is 15.0. The van der Waals surface area contributed by atoms with Gasteiger partial charge in [0.1, 0.15) is 5.82 Å². The highest BCUT2D eigenvalue weighted by Crippen LogP contribution is 2.34. The van der Waals surface area contributed by atoms with Crippen LogP contribution in [0.5, 0.6) is 0 Å². The summed E-state index contributed by atoms with van der Waals surface area (Å²) < 4.78 is 49.2. The molecule has 0 N–H and O–H groups in total. The summed E-state index contributed by atoms with van der Waals surface area (Å²) in [4.78, 5) is 0. The lowest BCUT2D eigenvalue weighted by Gasteiger charge is -2.29. The molecule has 0 spiro atoms. The van der Waals surface area contributed by atoms with Gasteiger partial charge in [-0.05, 0) is 67.9 Å². The van der Waals surface area contributed by atoms with Crippen molar-refractivity contribution in [1.82, 2.24) is 0 Å². The number of rotatable bonds is 6. The summed E-state index contributed by atoms with van der Waals surface area (Å²) in [6.45, 7) is 4.17. The summed E-state index contributed by atoms with van der Waals surface area (Å²) in [5, 5.41) is 0. The molecule has 1 saturated heterocycles. The molecule has 2 unspecified atom stereocenters. The smallest absolute Gasteiger partial charge is 0.166 e. The first kappa shape index (κ1) is 23.3. The third kappa shape index (κ3) is 5.22. The molecule has 0 saturated carbocycles. The molecule has 0 bridgehead atoms. The normalized spacial score (nSPS) is 18.7. The van der Waals surface area contributed by atoms with Gasteiger partial charge in [0, 0.05) is 17.0 Å². The Balaban J connectivity index is 1.46. The van der Waals surface area contributed by atoms with Crippen molar-refractivity contribution in [3.05, 3.63) is 95.3 Å². The minimum absolute atomic E-state index is 0.196. The molecule has 1 aliphatic rings. The van der Waals surface area contributed by atoms with E-state index in [9.17, 15) is 13.2 Å². The number of allylic oxidation sites excluding steroid dienone is 2. The standard InChI is InChI=1S/C29H29F3O/c1-3-4-5-6-24-14-12-23(18-33-24)22-13-16-25(27(30)17-22)20-8-10-21(11-9-20)26-15-7-19(2)28(31)29(26)32/h3-4,7-11,13,15-17,23-24H,5-6,12,14,18H2,1-2H3. The van der Waals surface area contributed by atoms with E-state index in [4.69, 9.17) is 4.74 Å². The van der Waals surface area contributed by atoms with Crippen molar-refractivity contribution in [2.24, 2.45) is 0 Å². The van der Waals surface area contributed by atoms with E-state index in [-0.39, 0.29) is 29.0 Å². The molecule has 1 fully saturated rings. The van der Waals surface area contributed by atoms with Crippen LogP contribution in [-0.2, 0) is 4.74 Å². The Morgan fingerprint density at radius 3 is 2.21 bits per heavy atom. The van der Waals surface area contributed by atoms with Gasteiger partial charge in [-0.15, -0.1) is 0 Å². The van der Waals surface area contributed by atoms with E-state index in [1.165, 1.54) is 6.92 Å². The summed E-state index contributed by atoms with van der Waals surface area (Å²) in [6, 6.07) is 15.4. The van der Waals surface area contributed by atoms with Crippen LogP contribution in [0.25, 0.3) is 22.3 Å². The molecule has 0 radical (unpaired) electrons. The Kier molecular flexibility index (Phi) is 7.34. The Morgan fingerprint density at radius 2 is 1.58 bits per heavy atom. The van der Waals surface area contributed by atoms with Crippen LogP contribution < -0.4 is 0 Å². The van der Waals surface area contributed by atoms with Gasteiger partial charge in [-0.3, -0.25) is 0 Å². The van der Waals surface area contributed by atoms with E-state index in [0.29, 0.717) is 23.3 Å². The van der Waals surface area contributed by atoms with Crippen molar-refractivity contribution < 1.29 is 17.9 Å². The molecule has 0 amide bonds. The second-order valence-electron chi connectivity index (χ2n) is 8.75. The lowest BCUT2D eigenvalue weighted by molar-refractivity contribution is -0.000225. The fraction of sp³-hybridized carbons (Fsp3) is 0.310. The molecule has 172 valence electrons. The average molecular weight is 451 g/mol. The Hall–Kier alpha value is -2.85. The maximum Gasteiger partial charge on any atom is 0.166 e. The van der Waals surface area contributed by atoms with Crippen molar-refractivity contribution >= 4 is 0 Å². The first-order valence-corrected chi connectivity index (χ1v) is 11.6. The second-order valence-corrected chi connectivity index (χ2v) is 8.75. The predicted molar refractivity (Wildman–Crippen MR) is 128 cm³/mol. The number of hydrogen-bond donors (Lipinski definition) is 0. The number of benzene rings is 3. The molecule has 0 aromatic heterocycles. The third-order valence-electron chi connectivity index (χ3n) is 6.51. The van der Waals surface area contributed by atoms with Crippen LogP contribution >= 0.6 is 0 Å². The molecular formula is C29H29F3O. The van der Waals surface area contributed by atoms with Gasteiger partial charge in [0.25, 0.3) is 0 Å². The van der Waals surface area contributed by atoms with Gasteiger partial charge < -0.3 is 4.74 Å². The molecule has 1 aliphatic heterocycles. The van der Waals surface area contributed by atoms with E-state index in [1.54, 1.807) is 48.5 Å².